The molecular weight excluding hydrogens is 222 g/mol. The standard InChI is InChI=1S/C16H25NO/c1-12-5-6-13(2)15(9-12)11-16(18)7-8-17(4)14(3)10-16/h5-6,9,14,18H,7-8,10-11H2,1-4H3. The molecule has 0 spiro atoms. The predicted molar refractivity (Wildman–Crippen MR) is 75.9 cm³/mol. The van der Waals surface area contributed by atoms with Crippen molar-refractivity contribution < 1.29 is 5.11 Å². The van der Waals surface area contributed by atoms with Crippen LogP contribution in [0.15, 0.2) is 18.2 Å². The average molecular weight is 247 g/mol. The molecule has 2 rings (SSSR count). The summed E-state index contributed by atoms with van der Waals surface area (Å²) in [6.07, 6.45) is 2.54. The number of hydrogen-bond acceptors (Lipinski definition) is 2. The summed E-state index contributed by atoms with van der Waals surface area (Å²) in [6.45, 7) is 7.44. The first kappa shape index (κ1) is 13.6. The molecule has 100 valence electrons. The molecule has 18 heavy (non-hydrogen) atoms. The number of aryl methyl sites for hydroxylation is 2. The van der Waals surface area contributed by atoms with E-state index in [2.05, 4.69) is 50.9 Å². The molecule has 1 N–H and O–H groups in total. The molecule has 0 bridgehead atoms. The first-order valence-corrected chi connectivity index (χ1v) is 6.88. The first-order chi connectivity index (χ1) is 8.39. The van der Waals surface area contributed by atoms with E-state index in [4.69, 9.17) is 0 Å². The minimum Gasteiger partial charge on any atom is -0.389 e. The van der Waals surface area contributed by atoms with Crippen LogP contribution in [0.3, 0.4) is 0 Å². The monoisotopic (exact) mass is 247 g/mol. The van der Waals surface area contributed by atoms with E-state index in [0.717, 1.165) is 25.8 Å². The minimum absolute atomic E-state index is 0.467. The fourth-order valence-electron chi connectivity index (χ4n) is 2.92. The van der Waals surface area contributed by atoms with Gasteiger partial charge >= 0.3 is 0 Å². The lowest BCUT2D eigenvalue weighted by atomic mass is 9.81. The summed E-state index contributed by atoms with van der Waals surface area (Å²) < 4.78 is 0. The van der Waals surface area contributed by atoms with Crippen LogP contribution in [0.1, 0.15) is 36.5 Å². The van der Waals surface area contributed by atoms with Crippen molar-refractivity contribution in [2.75, 3.05) is 13.6 Å². The molecule has 1 heterocycles. The molecule has 2 heteroatoms. The van der Waals surface area contributed by atoms with Crippen molar-refractivity contribution in [1.82, 2.24) is 4.90 Å². The zero-order valence-electron chi connectivity index (χ0n) is 12.0. The zero-order chi connectivity index (χ0) is 13.3. The number of hydrogen-bond donors (Lipinski definition) is 1. The van der Waals surface area contributed by atoms with Crippen LogP contribution in [-0.4, -0.2) is 35.2 Å². The van der Waals surface area contributed by atoms with Gasteiger partial charge in [-0.05, 0) is 51.8 Å². The van der Waals surface area contributed by atoms with Crippen LogP contribution in [0, 0.1) is 13.8 Å². The van der Waals surface area contributed by atoms with Crippen LogP contribution < -0.4 is 0 Å². The Kier molecular flexibility index (Phi) is 3.79. The summed E-state index contributed by atoms with van der Waals surface area (Å²) >= 11 is 0. The number of rotatable bonds is 2. The highest BCUT2D eigenvalue weighted by Gasteiger charge is 2.35. The average Bonchev–Trinajstić information content (AvgIpc) is 2.29. The van der Waals surface area contributed by atoms with Gasteiger partial charge in [-0.25, -0.2) is 0 Å². The van der Waals surface area contributed by atoms with Gasteiger partial charge in [-0.3, -0.25) is 0 Å². The van der Waals surface area contributed by atoms with Gasteiger partial charge in [0, 0.05) is 19.0 Å². The Bertz CT molecular complexity index is 429. The van der Waals surface area contributed by atoms with E-state index in [1.807, 2.05) is 0 Å². The molecule has 1 saturated heterocycles. The molecule has 2 atom stereocenters. The molecule has 0 radical (unpaired) electrons. The number of likely N-dealkylation sites (tertiary alicyclic amines) is 1. The maximum atomic E-state index is 10.8. The highest BCUT2D eigenvalue weighted by molar-refractivity contribution is 5.31. The van der Waals surface area contributed by atoms with Crippen molar-refractivity contribution in [1.29, 1.82) is 0 Å². The van der Waals surface area contributed by atoms with Crippen molar-refractivity contribution in [3.63, 3.8) is 0 Å². The quantitative estimate of drug-likeness (QED) is 0.868. The maximum Gasteiger partial charge on any atom is 0.0715 e. The summed E-state index contributed by atoms with van der Waals surface area (Å²) in [5.74, 6) is 0. The minimum atomic E-state index is -0.523. The van der Waals surface area contributed by atoms with Crippen LogP contribution in [0.5, 0.6) is 0 Å². The topological polar surface area (TPSA) is 23.5 Å². The maximum absolute atomic E-state index is 10.8. The van der Waals surface area contributed by atoms with Gasteiger partial charge in [0.1, 0.15) is 0 Å². The summed E-state index contributed by atoms with van der Waals surface area (Å²) in [7, 11) is 2.14. The van der Waals surface area contributed by atoms with E-state index in [1.165, 1.54) is 16.7 Å². The van der Waals surface area contributed by atoms with Crippen LogP contribution in [0.25, 0.3) is 0 Å². The van der Waals surface area contributed by atoms with Crippen molar-refractivity contribution in [2.45, 2.75) is 51.7 Å². The zero-order valence-corrected chi connectivity index (χ0v) is 12.0. The second-order valence-electron chi connectivity index (χ2n) is 6.11. The lowest BCUT2D eigenvalue weighted by Gasteiger charge is -2.41. The van der Waals surface area contributed by atoms with Crippen molar-refractivity contribution in [3.05, 3.63) is 34.9 Å². The van der Waals surface area contributed by atoms with Crippen LogP contribution in [0.2, 0.25) is 0 Å². The van der Waals surface area contributed by atoms with E-state index in [-0.39, 0.29) is 0 Å². The number of aliphatic hydroxyl groups is 1. The van der Waals surface area contributed by atoms with E-state index in [9.17, 15) is 5.11 Å². The second-order valence-corrected chi connectivity index (χ2v) is 6.11. The van der Waals surface area contributed by atoms with E-state index in [0.29, 0.717) is 6.04 Å². The largest absolute Gasteiger partial charge is 0.389 e. The molecule has 1 aromatic rings. The number of piperidine rings is 1. The van der Waals surface area contributed by atoms with Gasteiger partial charge in [-0.2, -0.15) is 0 Å². The molecule has 0 saturated carbocycles. The third-order valence-corrected chi connectivity index (χ3v) is 4.38. The van der Waals surface area contributed by atoms with Gasteiger partial charge in [0.2, 0.25) is 0 Å². The number of benzene rings is 1. The number of nitrogens with zero attached hydrogens (tertiary/aromatic N) is 1. The summed E-state index contributed by atoms with van der Waals surface area (Å²) in [4.78, 5) is 2.33. The molecule has 0 aliphatic carbocycles. The fourth-order valence-corrected chi connectivity index (χ4v) is 2.92. The Morgan fingerprint density at radius 1 is 1.39 bits per heavy atom. The van der Waals surface area contributed by atoms with Crippen molar-refractivity contribution >= 4 is 0 Å². The third kappa shape index (κ3) is 2.93. The van der Waals surface area contributed by atoms with Gasteiger partial charge in [-0.15, -0.1) is 0 Å². The molecule has 2 unspecified atom stereocenters. The SMILES string of the molecule is Cc1ccc(C)c(CC2(O)CCN(C)C(C)C2)c1. The summed E-state index contributed by atoms with van der Waals surface area (Å²) in [6, 6.07) is 6.98. The van der Waals surface area contributed by atoms with E-state index in [1.54, 1.807) is 0 Å². The smallest absolute Gasteiger partial charge is 0.0715 e. The van der Waals surface area contributed by atoms with E-state index >= 15 is 0 Å². The Morgan fingerprint density at radius 2 is 2.11 bits per heavy atom. The molecule has 0 amide bonds. The Hall–Kier alpha value is -0.860. The lowest BCUT2D eigenvalue weighted by molar-refractivity contribution is -0.0354. The van der Waals surface area contributed by atoms with Crippen LogP contribution in [-0.2, 0) is 6.42 Å². The van der Waals surface area contributed by atoms with Crippen LogP contribution in [0.4, 0.5) is 0 Å². The summed E-state index contributed by atoms with van der Waals surface area (Å²) in [5, 5.41) is 10.8. The highest BCUT2D eigenvalue weighted by Crippen LogP contribution is 2.30. The predicted octanol–water partition coefficient (Wildman–Crippen LogP) is 2.69. The fraction of sp³-hybridized carbons (Fsp3) is 0.625. The molecule has 1 aliphatic rings. The summed E-state index contributed by atoms with van der Waals surface area (Å²) in [5.41, 5.74) is 3.35. The van der Waals surface area contributed by atoms with Gasteiger partial charge < -0.3 is 10.0 Å². The van der Waals surface area contributed by atoms with Gasteiger partial charge in [0.05, 0.1) is 5.60 Å². The molecule has 1 aromatic carbocycles. The van der Waals surface area contributed by atoms with Gasteiger partial charge in [-0.1, -0.05) is 23.8 Å². The normalized spacial score (nSPS) is 29.5. The van der Waals surface area contributed by atoms with Crippen molar-refractivity contribution in [2.24, 2.45) is 0 Å². The molecule has 1 aliphatic heterocycles. The Morgan fingerprint density at radius 3 is 2.78 bits per heavy atom. The van der Waals surface area contributed by atoms with Crippen LogP contribution >= 0.6 is 0 Å². The highest BCUT2D eigenvalue weighted by atomic mass is 16.3. The Labute approximate surface area is 111 Å². The molecular formula is C16H25NO. The molecule has 2 nitrogen and oxygen atoms in total. The molecule has 0 aromatic heterocycles. The van der Waals surface area contributed by atoms with Gasteiger partial charge in [0.25, 0.3) is 0 Å². The van der Waals surface area contributed by atoms with Crippen molar-refractivity contribution in [3.8, 4) is 0 Å². The molecule has 1 fully saturated rings. The lowest BCUT2D eigenvalue weighted by Crippen LogP contribution is -2.48. The Balaban J connectivity index is 2.15. The second kappa shape index (κ2) is 5.02. The first-order valence-electron chi connectivity index (χ1n) is 6.88. The van der Waals surface area contributed by atoms with E-state index < -0.39 is 5.60 Å². The third-order valence-electron chi connectivity index (χ3n) is 4.38. The van der Waals surface area contributed by atoms with Gasteiger partial charge in [0.15, 0.2) is 0 Å².